The highest BCUT2D eigenvalue weighted by Crippen LogP contribution is 2.24. The molecule has 2 aromatic heterocycles. The van der Waals surface area contributed by atoms with Crippen LogP contribution in [0, 0.1) is 11.8 Å². The van der Waals surface area contributed by atoms with Crippen LogP contribution in [0.2, 0.25) is 0 Å². The number of likely N-dealkylation sites (tertiary alicyclic amines) is 2. The van der Waals surface area contributed by atoms with Crippen molar-refractivity contribution in [3.05, 3.63) is 109 Å². The van der Waals surface area contributed by atoms with Crippen LogP contribution in [0.25, 0.3) is 0 Å². The van der Waals surface area contributed by atoms with Crippen LogP contribution in [-0.4, -0.2) is 86.6 Å². The predicted octanol–water partition coefficient (Wildman–Crippen LogP) is 7.64. The molecule has 1 N–H and O–H groups in total. The molecule has 4 heterocycles. The number of halogens is 1. The van der Waals surface area contributed by atoms with E-state index in [1.807, 2.05) is 48.5 Å². The minimum atomic E-state index is -0.560. The largest absolute Gasteiger partial charge is 0.460 e. The molecule has 2 atom stereocenters. The number of piperidine rings is 2. The summed E-state index contributed by atoms with van der Waals surface area (Å²) in [6, 6.07) is 26.2. The first-order valence-corrected chi connectivity index (χ1v) is 17.2. The number of para-hydroxylation sites is 2. The summed E-state index contributed by atoms with van der Waals surface area (Å²) in [5, 5.41) is 2.85. The van der Waals surface area contributed by atoms with E-state index in [9.17, 15) is 19.2 Å². The minimum Gasteiger partial charge on any atom is -0.460 e. The molecule has 51 heavy (non-hydrogen) atoms. The first-order valence-electron chi connectivity index (χ1n) is 16.9. The standard InChI is InChI=1S/C19H22N2O4.C14H20N2O2.C5H3ClO2/c1-24-19(23)20-11-5-7-15(13-20)14-21(16-8-3-2-4-9-16)18(22)17-10-6-12-25-17;1-18-14(17)16-9-5-6-12(11-16)10-15-13-7-3-2-4-8-13;6-5(7)4-2-1-3-8-4/h2-4,6,8-10,12,15H,5,7,11,13-14H2,1H3;2-4,7-8,12,15H,5-6,9-11H2,1H3;1-3H. The molecule has 0 bridgehead atoms. The van der Waals surface area contributed by atoms with Crippen LogP contribution in [0.3, 0.4) is 0 Å². The molecule has 3 amide bonds. The van der Waals surface area contributed by atoms with Gasteiger partial charge >= 0.3 is 12.2 Å². The highest BCUT2D eigenvalue weighted by molar-refractivity contribution is 6.67. The molecule has 2 fully saturated rings. The Hall–Kier alpha value is -5.23. The SMILES string of the molecule is COC(=O)N1CCCC(CN(C(=O)c2ccco2)c2ccccc2)C1.COC(=O)N1CCCC(CNc2ccccc2)C1.O=C(Cl)c1ccco1. The molecule has 13 heteroatoms. The molecule has 12 nitrogen and oxygen atoms in total. The van der Waals surface area contributed by atoms with E-state index >= 15 is 0 Å². The molecule has 6 rings (SSSR count). The van der Waals surface area contributed by atoms with Crippen molar-refractivity contribution in [1.29, 1.82) is 0 Å². The number of ether oxygens (including phenoxy) is 2. The van der Waals surface area contributed by atoms with E-state index in [0.717, 1.165) is 56.7 Å². The van der Waals surface area contributed by atoms with Gasteiger partial charge in [-0.25, -0.2) is 9.59 Å². The van der Waals surface area contributed by atoms with Crippen molar-refractivity contribution in [2.24, 2.45) is 11.8 Å². The van der Waals surface area contributed by atoms with Crippen LogP contribution in [0.4, 0.5) is 21.0 Å². The van der Waals surface area contributed by atoms with Gasteiger partial charge in [-0.1, -0.05) is 36.4 Å². The van der Waals surface area contributed by atoms with Gasteiger partial charge in [0.15, 0.2) is 11.5 Å². The van der Waals surface area contributed by atoms with E-state index in [2.05, 4.69) is 21.9 Å². The monoisotopic (exact) mass is 720 g/mol. The van der Waals surface area contributed by atoms with Gasteiger partial charge in [-0.3, -0.25) is 9.59 Å². The number of hydrogen-bond donors (Lipinski definition) is 1. The molecule has 272 valence electrons. The van der Waals surface area contributed by atoms with Crippen molar-refractivity contribution in [1.82, 2.24) is 9.80 Å². The molecule has 2 aromatic carbocycles. The van der Waals surface area contributed by atoms with E-state index < -0.39 is 5.24 Å². The Morgan fingerprint density at radius 1 is 0.745 bits per heavy atom. The molecular formula is C38H45ClN4O8. The number of anilines is 2. The van der Waals surface area contributed by atoms with E-state index in [4.69, 9.17) is 25.5 Å². The van der Waals surface area contributed by atoms with Gasteiger partial charge < -0.3 is 38.3 Å². The summed E-state index contributed by atoms with van der Waals surface area (Å²) in [4.78, 5) is 51.5. The second-order valence-electron chi connectivity index (χ2n) is 12.1. The third-order valence-electron chi connectivity index (χ3n) is 8.47. The Balaban J connectivity index is 0.000000194. The van der Waals surface area contributed by atoms with Gasteiger partial charge in [0, 0.05) is 50.6 Å². The quantitative estimate of drug-likeness (QED) is 0.182. The topological polar surface area (TPSA) is 135 Å². The minimum absolute atomic E-state index is 0.175. The Kier molecular flexibility index (Phi) is 15.5. The second-order valence-corrected chi connectivity index (χ2v) is 12.4. The van der Waals surface area contributed by atoms with Crippen LogP contribution in [0.15, 0.2) is 106 Å². The Morgan fingerprint density at radius 2 is 1.27 bits per heavy atom. The predicted molar refractivity (Wildman–Crippen MR) is 194 cm³/mol. The Bertz CT molecular complexity index is 1620. The number of hydrogen-bond acceptors (Lipinski definition) is 9. The molecule has 4 aromatic rings. The lowest BCUT2D eigenvalue weighted by atomic mass is 9.97. The van der Waals surface area contributed by atoms with Crippen molar-refractivity contribution in [2.75, 3.05) is 63.7 Å². The summed E-state index contributed by atoms with van der Waals surface area (Å²) in [7, 11) is 2.83. The maximum atomic E-state index is 12.9. The molecule has 0 saturated carbocycles. The van der Waals surface area contributed by atoms with Crippen LogP contribution < -0.4 is 10.2 Å². The number of nitrogens with zero attached hydrogens (tertiary/aromatic N) is 3. The fourth-order valence-corrected chi connectivity index (χ4v) is 6.06. The van der Waals surface area contributed by atoms with Gasteiger partial charge in [-0.15, -0.1) is 0 Å². The van der Waals surface area contributed by atoms with Crippen molar-refractivity contribution in [3.63, 3.8) is 0 Å². The number of methoxy groups -OCH3 is 2. The lowest BCUT2D eigenvalue weighted by molar-refractivity contribution is 0.0927. The summed E-state index contributed by atoms with van der Waals surface area (Å²) in [6.07, 6.45) is 6.45. The first kappa shape index (κ1) is 38.6. The van der Waals surface area contributed by atoms with E-state index in [-0.39, 0.29) is 29.8 Å². The number of carbonyl (C=O) groups is 4. The Morgan fingerprint density at radius 3 is 1.78 bits per heavy atom. The van der Waals surface area contributed by atoms with Crippen molar-refractivity contribution in [2.45, 2.75) is 25.7 Å². The van der Waals surface area contributed by atoms with E-state index in [0.29, 0.717) is 31.3 Å². The first-order chi connectivity index (χ1) is 24.8. The summed E-state index contributed by atoms with van der Waals surface area (Å²) in [5.41, 5.74) is 1.95. The third-order valence-corrected chi connectivity index (χ3v) is 8.66. The number of amides is 3. The average molecular weight is 721 g/mol. The molecule has 0 radical (unpaired) electrons. The lowest BCUT2D eigenvalue weighted by Gasteiger charge is -2.34. The van der Waals surface area contributed by atoms with Gasteiger partial charge in [0.25, 0.3) is 11.1 Å². The summed E-state index contributed by atoms with van der Waals surface area (Å²) in [6.45, 7) is 4.30. The van der Waals surface area contributed by atoms with Crippen LogP contribution >= 0.6 is 11.6 Å². The van der Waals surface area contributed by atoms with Gasteiger partial charge in [0.2, 0.25) is 0 Å². The van der Waals surface area contributed by atoms with Gasteiger partial charge in [-0.2, -0.15) is 0 Å². The molecule has 2 unspecified atom stereocenters. The van der Waals surface area contributed by atoms with Gasteiger partial charge in [-0.05, 0) is 97.7 Å². The van der Waals surface area contributed by atoms with Crippen LogP contribution in [0.1, 0.15) is 46.8 Å². The molecule has 2 aliphatic rings. The molecule has 2 saturated heterocycles. The number of rotatable bonds is 8. The number of nitrogens with one attached hydrogen (secondary N) is 1. The summed E-state index contributed by atoms with van der Waals surface area (Å²) in [5.74, 6) is 1.01. The molecule has 0 aliphatic carbocycles. The van der Waals surface area contributed by atoms with Crippen molar-refractivity contribution < 1.29 is 37.5 Å². The zero-order valence-electron chi connectivity index (χ0n) is 28.9. The summed E-state index contributed by atoms with van der Waals surface area (Å²) < 4.78 is 19.5. The molecule has 0 spiro atoms. The van der Waals surface area contributed by atoms with Gasteiger partial charge in [0.1, 0.15) is 0 Å². The maximum absolute atomic E-state index is 12.9. The van der Waals surface area contributed by atoms with Gasteiger partial charge in [0.05, 0.1) is 26.7 Å². The smallest absolute Gasteiger partial charge is 0.409 e. The fraction of sp³-hybridized carbons (Fsp3) is 0.368. The summed E-state index contributed by atoms with van der Waals surface area (Å²) >= 11 is 5.01. The number of carbonyl (C=O) groups excluding carboxylic acids is 4. The number of benzene rings is 2. The van der Waals surface area contributed by atoms with E-state index in [1.54, 1.807) is 32.9 Å². The van der Waals surface area contributed by atoms with E-state index in [1.165, 1.54) is 32.8 Å². The Labute approximate surface area is 303 Å². The van der Waals surface area contributed by atoms with Crippen molar-refractivity contribution >= 4 is 46.3 Å². The molecular weight excluding hydrogens is 676 g/mol. The third kappa shape index (κ3) is 12.2. The average Bonchev–Trinajstić information content (AvgIpc) is 3.93. The fourth-order valence-electron chi connectivity index (χ4n) is 5.95. The highest BCUT2D eigenvalue weighted by Gasteiger charge is 2.29. The zero-order valence-corrected chi connectivity index (χ0v) is 29.7. The zero-order chi connectivity index (χ0) is 36.4. The van der Waals surface area contributed by atoms with Crippen LogP contribution in [0.5, 0.6) is 0 Å². The van der Waals surface area contributed by atoms with Crippen molar-refractivity contribution in [3.8, 4) is 0 Å². The lowest BCUT2D eigenvalue weighted by Crippen LogP contribution is -2.45. The highest BCUT2D eigenvalue weighted by atomic mass is 35.5. The second kappa shape index (κ2) is 20.4. The molecule has 2 aliphatic heterocycles. The normalized spacial score (nSPS) is 16.7. The van der Waals surface area contributed by atoms with Crippen LogP contribution in [-0.2, 0) is 9.47 Å². The maximum Gasteiger partial charge on any atom is 0.409 e. The number of furan rings is 2.